The molecule has 0 atom stereocenters. The summed E-state index contributed by atoms with van der Waals surface area (Å²) >= 11 is 0. The van der Waals surface area contributed by atoms with Crippen molar-refractivity contribution < 1.29 is 4.74 Å². The molecule has 1 heterocycles. The third-order valence-corrected chi connectivity index (χ3v) is 5.37. The van der Waals surface area contributed by atoms with Crippen LogP contribution in [0, 0.1) is 11.3 Å². The van der Waals surface area contributed by atoms with Crippen LogP contribution in [0.5, 0.6) is 0 Å². The van der Waals surface area contributed by atoms with Gasteiger partial charge in [0.05, 0.1) is 0 Å². The molecule has 0 spiro atoms. The summed E-state index contributed by atoms with van der Waals surface area (Å²) in [5, 5.41) is 3.75. The van der Waals surface area contributed by atoms with Gasteiger partial charge in [-0.25, -0.2) is 0 Å². The average Bonchev–Trinajstić information content (AvgIpc) is 2.48. The van der Waals surface area contributed by atoms with E-state index >= 15 is 0 Å². The van der Waals surface area contributed by atoms with E-state index in [2.05, 4.69) is 31.1 Å². The number of nitrogens with one attached hydrogen (secondary N) is 1. The zero-order valence-corrected chi connectivity index (χ0v) is 14.5. The largest absolute Gasteiger partial charge is 0.381 e. The Labute approximate surface area is 131 Å². The molecular formula is C18H36N2O. The summed E-state index contributed by atoms with van der Waals surface area (Å²) in [7, 11) is 2.34. The van der Waals surface area contributed by atoms with Crippen LogP contribution >= 0.6 is 0 Å². The van der Waals surface area contributed by atoms with Gasteiger partial charge in [-0.2, -0.15) is 0 Å². The maximum atomic E-state index is 5.52. The van der Waals surface area contributed by atoms with E-state index in [1.165, 1.54) is 58.0 Å². The SMILES string of the molecule is CC(C)CNCC1(CN(C)C2CCOCC2)CCCCC1. The Morgan fingerprint density at radius 3 is 2.43 bits per heavy atom. The summed E-state index contributed by atoms with van der Waals surface area (Å²) in [6.45, 7) is 10.1. The Morgan fingerprint density at radius 2 is 1.81 bits per heavy atom. The van der Waals surface area contributed by atoms with Crippen LogP contribution in [0.25, 0.3) is 0 Å². The van der Waals surface area contributed by atoms with E-state index in [0.29, 0.717) is 5.41 Å². The van der Waals surface area contributed by atoms with Crippen LogP contribution < -0.4 is 5.32 Å². The molecule has 1 aliphatic carbocycles. The molecule has 1 saturated carbocycles. The summed E-state index contributed by atoms with van der Waals surface area (Å²) < 4.78 is 5.52. The second kappa shape index (κ2) is 8.50. The molecule has 1 aliphatic heterocycles. The van der Waals surface area contributed by atoms with Gasteiger partial charge in [0.15, 0.2) is 0 Å². The molecule has 0 aromatic rings. The summed E-state index contributed by atoms with van der Waals surface area (Å²) in [6.07, 6.45) is 9.53. The molecule has 2 rings (SSSR count). The minimum atomic E-state index is 0.514. The Morgan fingerprint density at radius 1 is 1.14 bits per heavy atom. The van der Waals surface area contributed by atoms with Crippen molar-refractivity contribution in [3.05, 3.63) is 0 Å². The van der Waals surface area contributed by atoms with Crippen molar-refractivity contribution in [3.8, 4) is 0 Å². The van der Waals surface area contributed by atoms with E-state index in [0.717, 1.165) is 31.7 Å². The normalized spacial score (nSPS) is 23.9. The molecule has 0 amide bonds. The first-order valence-corrected chi connectivity index (χ1v) is 9.10. The van der Waals surface area contributed by atoms with Crippen LogP contribution in [0.15, 0.2) is 0 Å². The van der Waals surface area contributed by atoms with Gasteiger partial charge in [0.2, 0.25) is 0 Å². The van der Waals surface area contributed by atoms with Gasteiger partial charge >= 0.3 is 0 Å². The zero-order valence-electron chi connectivity index (χ0n) is 14.5. The zero-order chi connectivity index (χ0) is 15.1. The topological polar surface area (TPSA) is 24.5 Å². The molecule has 1 saturated heterocycles. The number of rotatable bonds is 7. The van der Waals surface area contributed by atoms with Crippen molar-refractivity contribution >= 4 is 0 Å². The molecule has 2 fully saturated rings. The highest BCUT2D eigenvalue weighted by Crippen LogP contribution is 2.37. The highest BCUT2D eigenvalue weighted by molar-refractivity contribution is 4.89. The molecular weight excluding hydrogens is 260 g/mol. The van der Waals surface area contributed by atoms with Crippen molar-refractivity contribution in [2.45, 2.75) is 64.8 Å². The quantitative estimate of drug-likeness (QED) is 0.780. The first-order valence-electron chi connectivity index (χ1n) is 9.10. The molecule has 0 radical (unpaired) electrons. The van der Waals surface area contributed by atoms with Crippen LogP contribution in [0.4, 0.5) is 0 Å². The number of ether oxygens (including phenoxy) is 1. The third-order valence-electron chi connectivity index (χ3n) is 5.37. The summed E-state index contributed by atoms with van der Waals surface area (Å²) in [6, 6.07) is 0.739. The first-order chi connectivity index (χ1) is 10.1. The Balaban J connectivity index is 1.88. The molecule has 3 heteroatoms. The van der Waals surface area contributed by atoms with Gasteiger partial charge in [0, 0.05) is 32.3 Å². The van der Waals surface area contributed by atoms with Gasteiger partial charge in [-0.3, -0.25) is 0 Å². The highest BCUT2D eigenvalue weighted by Gasteiger charge is 2.34. The molecule has 0 aromatic heterocycles. The minimum Gasteiger partial charge on any atom is -0.381 e. The summed E-state index contributed by atoms with van der Waals surface area (Å²) in [5.41, 5.74) is 0.514. The van der Waals surface area contributed by atoms with Crippen molar-refractivity contribution in [2.24, 2.45) is 11.3 Å². The average molecular weight is 296 g/mol. The predicted octanol–water partition coefficient (Wildman–Crippen LogP) is 3.29. The van der Waals surface area contributed by atoms with Gasteiger partial charge in [-0.15, -0.1) is 0 Å². The fourth-order valence-corrected chi connectivity index (χ4v) is 4.10. The third kappa shape index (κ3) is 5.54. The number of hydrogen-bond donors (Lipinski definition) is 1. The molecule has 0 bridgehead atoms. The van der Waals surface area contributed by atoms with Crippen LogP contribution in [0.3, 0.4) is 0 Å². The second-order valence-corrected chi connectivity index (χ2v) is 7.84. The van der Waals surface area contributed by atoms with E-state index in [-0.39, 0.29) is 0 Å². The Hall–Kier alpha value is -0.120. The molecule has 1 N–H and O–H groups in total. The monoisotopic (exact) mass is 296 g/mol. The fourth-order valence-electron chi connectivity index (χ4n) is 4.10. The van der Waals surface area contributed by atoms with E-state index < -0.39 is 0 Å². The van der Waals surface area contributed by atoms with Crippen molar-refractivity contribution in [1.82, 2.24) is 10.2 Å². The van der Waals surface area contributed by atoms with Gasteiger partial charge in [-0.1, -0.05) is 33.1 Å². The van der Waals surface area contributed by atoms with Crippen LogP contribution in [-0.2, 0) is 4.74 Å². The smallest absolute Gasteiger partial charge is 0.0480 e. The predicted molar refractivity (Wildman–Crippen MR) is 89.7 cm³/mol. The highest BCUT2D eigenvalue weighted by atomic mass is 16.5. The lowest BCUT2D eigenvalue weighted by atomic mass is 9.73. The molecule has 2 aliphatic rings. The van der Waals surface area contributed by atoms with Gasteiger partial charge in [0.25, 0.3) is 0 Å². The van der Waals surface area contributed by atoms with Crippen molar-refractivity contribution in [1.29, 1.82) is 0 Å². The Kier molecular flexibility index (Phi) is 6.97. The van der Waals surface area contributed by atoms with Crippen LogP contribution in [0.1, 0.15) is 58.8 Å². The number of hydrogen-bond acceptors (Lipinski definition) is 3. The fraction of sp³-hybridized carbons (Fsp3) is 1.00. The van der Waals surface area contributed by atoms with E-state index in [4.69, 9.17) is 4.74 Å². The lowest BCUT2D eigenvalue weighted by molar-refractivity contribution is 0.0194. The van der Waals surface area contributed by atoms with Gasteiger partial charge in [0.1, 0.15) is 0 Å². The Bertz CT molecular complexity index is 281. The van der Waals surface area contributed by atoms with E-state index in [1.807, 2.05) is 0 Å². The molecule has 124 valence electrons. The van der Waals surface area contributed by atoms with Gasteiger partial charge < -0.3 is 15.0 Å². The molecule has 0 unspecified atom stereocenters. The standard InChI is InChI=1S/C18H36N2O/c1-16(2)13-19-14-18(9-5-4-6-10-18)15-20(3)17-7-11-21-12-8-17/h16-17,19H,4-15H2,1-3H3. The van der Waals surface area contributed by atoms with Crippen molar-refractivity contribution in [3.63, 3.8) is 0 Å². The minimum absolute atomic E-state index is 0.514. The summed E-state index contributed by atoms with van der Waals surface area (Å²) in [4.78, 5) is 2.64. The lowest BCUT2D eigenvalue weighted by Gasteiger charge is -2.43. The maximum Gasteiger partial charge on any atom is 0.0480 e. The van der Waals surface area contributed by atoms with Gasteiger partial charge in [-0.05, 0) is 50.6 Å². The van der Waals surface area contributed by atoms with Crippen LogP contribution in [-0.4, -0.2) is 50.8 Å². The molecule has 0 aromatic carbocycles. The molecule has 3 nitrogen and oxygen atoms in total. The van der Waals surface area contributed by atoms with Crippen LogP contribution in [0.2, 0.25) is 0 Å². The summed E-state index contributed by atoms with van der Waals surface area (Å²) in [5.74, 6) is 0.749. The van der Waals surface area contributed by atoms with E-state index in [1.54, 1.807) is 0 Å². The maximum absolute atomic E-state index is 5.52. The van der Waals surface area contributed by atoms with Crippen molar-refractivity contribution in [2.75, 3.05) is 39.9 Å². The molecule has 21 heavy (non-hydrogen) atoms. The first kappa shape index (κ1) is 17.2. The van der Waals surface area contributed by atoms with E-state index in [9.17, 15) is 0 Å². The number of nitrogens with zero attached hydrogens (tertiary/aromatic N) is 1. The lowest BCUT2D eigenvalue weighted by Crippen LogP contribution is -2.48. The second-order valence-electron chi connectivity index (χ2n) is 7.84.